The first-order valence-corrected chi connectivity index (χ1v) is 22.7. The van der Waals surface area contributed by atoms with Crippen LogP contribution in [0.25, 0.3) is 93.9 Å². The summed E-state index contributed by atoms with van der Waals surface area (Å²) in [5, 5.41) is 5.02. The van der Waals surface area contributed by atoms with Crippen LogP contribution in [0.4, 0.5) is 17.1 Å². The van der Waals surface area contributed by atoms with Crippen molar-refractivity contribution in [2.75, 3.05) is 4.90 Å². The summed E-state index contributed by atoms with van der Waals surface area (Å²) in [6, 6.07) is 96.9. The Morgan fingerprint density at radius 2 is 0.682 bits per heavy atom. The van der Waals surface area contributed by atoms with Gasteiger partial charge in [0.25, 0.3) is 0 Å². The monoisotopic (exact) mass is 840 g/mol. The fourth-order valence-electron chi connectivity index (χ4n) is 9.83. The second-order valence-electron chi connectivity index (χ2n) is 16.9. The molecule has 12 rings (SSSR count). The number of rotatable bonds is 9. The van der Waals surface area contributed by atoms with E-state index in [9.17, 15) is 0 Å². The van der Waals surface area contributed by atoms with E-state index < -0.39 is 0 Å². The van der Waals surface area contributed by atoms with E-state index >= 15 is 0 Å². The number of hydrogen-bond donors (Lipinski definition) is 0. The van der Waals surface area contributed by atoms with Gasteiger partial charge in [-0.2, -0.15) is 0 Å². The van der Waals surface area contributed by atoms with Gasteiger partial charge in [0.1, 0.15) is 0 Å². The molecule has 0 saturated carbocycles. The molecule has 0 aliphatic rings. The summed E-state index contributed by atoms with van der Waals surface area (Å²) in [4.78, 5) is 2.41. The van der Waals surface area contributed by atoms with Crippen LogP contribution < -0.4 is 4.90 Å². The minimum atomic E-state index is 1.08. The number of benzene rings is 11. The van der Waals surface area contributed by atoms with E-state index in [0.717, 1.165) is 39.4 Å². The van der Waals surface area contributed by atoms with E-state index in [1.807, 2.05) is 0 Å². The van der Waals surface area contributed by atoms with Crippen molar-refractivity contribution in [1.82, 2.24) is 4.57 Å². The van der Waals surface area contributed by atoms with E-state index in [4.69, 9.17) is 0 Å². The Morgan fingerprint density at radius 1 is 0.258 bits per heavy atom. The molecule has 66 heavy (non-hydrogen) atoms. The molecule has 0 atom stereocenters. The predicted octanol–water partition coefficient (Wildman–Crippen LogP) is 17.7. The molecule has 2 heteroatoms. The highest BCUT2D eigenvalue weighted by molar-refractivity contribution is 6.10. The van der Waals surface area contributed by atoms with E-state index in [2.05, 4.69) is 276 Å². The molecular weight excluding hydrogens is 797 g/mol. The van der Waals surface area contributed by atoms with Gasteiger partial charge in [0.15, 0.2) is 0 Å². The van der Waals surface area contributed by atoms with E-state index in [1.165, 1.54) is 71.5 Å². The van der Waals surface area contributed by atoms with Gasteiger partial charge < -0.3 is 9.47 Å². The zero-order chi connectivity index (χ0) is 43.8. The molecule has 0 saturated heterocycles. The van der Waals surface area contributed by atoms with Gasteiger partial charge in [-0.3, -0.25) is 0 Å². The van der Waals surface area contributed by atoms with Crippen LogP contribution in [0, 0.1) is 0 Å². The number of para-hydroxylation sites is 3. The maximum Gasteiger partial charge on any atom is 0.0541 e. The van der Waals surface area contributed by atoms with Crippen molar-refractivity contribution in [2.45, 2.75) is 0 Å². The van der Waals surface area contributed by atoms with Gasteiger partial charge in [-0.1, -0.05) is 212 Å². The van der Waals surface area contributed by atoms with Gasteiger partial charge in [0.2, 0.25) is 0 Å². The molecular formula is C64H44N2. The average Bonchev–Trinajstić information content (AvgIpc) is 3.74. The number of hydrogen-bond acceptors (Lipinski definition) is 1. The molecule has 12 aromatic rings. The van der Waals surface area contributed by atoms with Gasteiger partial charge in [0.05, 0.1) is 22.4 Å². The molecule has 0 aliphatic heterocycles. The van der Waals surface area contributed by atoms with Crippen LogP contribution in [0.15, 0.2) is 267 Å². The highest BCUT2D eigenvalue weighted by Gasteiger charge is 2.21. The molecule has 0 unspecified atom stereocenters. The summed E-state index contributed by atoms with van der Waals surface area (Å²) in [7, 11) is 0. The minimum Gasteiger partial charge on any atom is -0.310 e. The third-order valence-electron chi connectivity index (χ3n) is 13.0. The van der Waals surface area contributed by atoms with Crippen LogP contribution in [0.1, 0.15) is 0 Å². The summed E-state index contributed by atoms with van der Waals surface area (Å²) in [5.41, 5.74) is 18.6. The number of aromatic nitrogens is 1. The molecule has 11 aromatic carbocycles. The predicted molar refractivity (Wildman–Crippen MR) is 280 cm³/mol. The van der Waals surface area contributed by atoms with Crippen molar-refractivity contribution < 1.29 is 0 Å². The Balaban J connectivity index is 0.983. The summed E-state index contributed by atoms with van der Waals surface area (Å²) < 4.78 is 2.43. The largest absolute Gasteiger partial charge is 0.310 e. The maximum absolute atomic E-state index is 2.43. The SMILES string of the molecule is c1ccc(-c2ccc(N(c3ccc(-c4ccc(-c5cccc6ccccc56)cc4)cc3)c3ccc(-c4ccccc4-n4c5ccccc5c5ccccc54)cc3-c3ccccc3)cc2)cc1. The van der Waals surface area contributed by atoms with Crippen LogP contribution in [0.2, 0.25) is 0 Å². The first-order chi connectivity index (χ1) is 32.7. The summed E-state index contributed by atoms with van der Waals surface area (Å²) in [6.45, 7) is 0. The second kappa shape index (κ2) is 16.8. The Bertz CT molecular complexity index is 3600. The Morgan fingerprint density at radius 3 is 1.32 bits per heavy atom. The molecule has 0 amide bonds. The average molecular weight is 841 g/mol. The van der Waals surface area contributed by atoms with Crippen molar-refractivity contribution in [3.63, 3.8) is 0 Å². The van der Waals surface area contributed by atoms with Crippen LogP contribution in [0.3, 0.4) is 0 Å². The number of anilines is 3. The standard InChI is InChI=1S/C64H44N2/c1-3-16-45(17-4-1)47-34-39-53(40-35-47)65(54-41-36-48(37-42-54)46-30-32-51(33-31-46)56-26-15-21-49-20-7-8-22-55(49)56)64-43-38-52(44-60(64)50-18-5-2-6-19-50)57-23-9-12-27-61(57)66-62-28-13-10-24-58(62)59-25-11-14-29-63(59)66/h1-44H. The Hall–Kier alpha value is -8.72. The van der Waals surface area contributed by atoms with Gasteiger partial charge in [-0.05, 0) is 110 Å². The normalized spacial score (nSPS) is 11.3. The van der Waals surface area contributed by atoms with Crippen molar-refractivity contribution in [3.8, 4) is 61.3 Å². The van der Waals surface area contributed by atoms with Gasteiger partial charge in [0, 0.05) is 33.3 Å². The first kappa shape index (κ1) is 38.9. The molecule has 0 bridgehead atoms. The first-order valence-electron chi connectivity index (χ1n) is 22.7. The smallest absolute Gasteiger partial charge is 0.0541 e. The third-order valence-corrected chi connectivity index (χ3v) is 13.0. The Labute approximate surface area is 385 Å². The summed E-state index contributed by atoms with van der Waals surface area (Å²) >= 11 is 0. The molecule has 0 aliphatic carbocycles. The fraction of sp³-hybridized carbons (Fsp3) is 0. The summed E-state index contributed by atoms with van der Waals surface area (Å²) in [5.74, 6) is 0. The molecule has 1 heterocycles. The fourth-order valence-corrected chi connectivity index (χ4v) is 9.83. The van der Waals surface area contributed by atoms with Crippen molar-refractivity contribution in [3.05, 3.63) is 267 Å². The summed E-state index contributed by atoms with van der Waals surface area (Å²) in [6.07, 6.45) is 0. The Kier molecular flexibility index (Phi) is 9.89. The van der Waals surface area contributed by atoms with E-state index in [1.54, 1.807) is 0 Å². The van der Waals surface area contributed by atoms with Crippen LogP contribution in [-0.4, -0.2) is 4.57 Å². The highest BCUT2D eigenvalue weighted by atomic mass is 15.1. The van der Waals surface area contributed by atoms with E-state index in [0.29, 0.717) is 0 Å². The second-order valence-corrected chi connectivity index (χ2v) is 16.9. The van der Waals surface area contributed by atoms with Crippen LogP contribution in [0.5, 0.6) is 0 Å². The van der Waals surface area contributed by atoms with E-state index in [-0.39, 0.29) is 0 Å². The minimum absolute atomic E-state index is 1.08. The van der Waals surface area contributed by atoms with Crippen molar-refractivity contribution in [2.24, 2.45) is 0 Å². The zero-order valence-corrected chi connectivity index (χ0v) is 36.3. The third kappa shape index (κ3) is 7.02. The molecule has 310 valence electrons. The number of fused-ring (bicyclic) bond motifs is 4. The molecule has 0 N–H and O–H groups in total. The lowest BCUT2D eigenvalue weighted by Crippen LogP contribution is -2.11. The molecule has 0 spiro atoms. The van der Waals surface area contributed by atoms with Crippen molar-refractivity contribution in [1.29, 1.82) is 0 Å². The van der Waals surface area contributed by atoms with Crippen molar-refractivity contribution >= 4 is 49.6 Å². The zero-order valence-electron chi connectivity index (χ0n) is 36.3. The van der Waals surface area contributed by atoms with Crippen LogP contribution >= 0.6 is 0 Å². The molecule has 0 fully saturated rings. The molecule has 1 aromatic heterocycles. The van der Waals surface area contributed by atoms with Gasteiger partial charge >= 0.3 is 0 Å². The number of nitrogens with zero attached hydrogens (tertiary/aromatic N) is 2. The topological polar surface area (TPSA) is 8.17 Å². The maximum atomic E-state index is 2.43. The van der Waals surface area contributed by atoms with Crippen LogP contribution in [-0.2, 0) is 0 Å². The lowest BCUT2D eigenvalue weighted by atomic mass is 9.94. The quantitative estimate of drug-likeness (QED) is 0.141. The molecule has 0 radical (unpaired) electrons. The van der Waals surface area contributed by atoms with Gasteiger partial charge in [-0.25, -0.2) is 0 Å². The van der Waals surface area contributed by atoms with Gasteiger partial charge in [-0.15, -0.1) is 0 Å². The molecule has 2 nitrogen and oxygen atoms in total. The highest BCUT2D eigenvalue weighted by Crippen LogP contribution is 2.45. The lowest BCUT2D eigenvalue weighted by molar-refractivity contribution is 1.18. The lowest BCUT2D eigenvalue weighted by Gasteiger charge is -2.29.